The number of benzene rings is 1. The van der Waals surface area contributed by atoms with Crippen molar-refractivity contribution in [3.05, 3.63) is 34.9 Å². The second-order valence-corrected chi connectivity index (χ2v) is 8.21. The monoisotopic (exact) mass is 347 g/mol. The summed E-state index contributed by atoms with van der Waals surface area (Å²) in [7, 11) is 3.84. The van der Waals surface area contributed by atoms with Gasteiger partial charge in [-0.3, -0.25) is 4.90 Å². The topological polar surface area (TPSA) is 41.9 Å². The van der Waals surface area contributed by atoms with Crippen LogP contribution in [0.25, 0.3) is 0 Å². The molecule has 24 heavy (non-hydrogen) atoms. The standard InChI is InChI=1S/C19H22ClNO3/c1-18-17(22)12(20)9-11-13-8-10-4-5-14(23-3)16(24-18)15(10)19(11,18)6-7-21(13)2/h4-5,9,12-13,17,22H,6-8H2,1-3H3/t12-,13-,17-,18-,19-/m1/s1. The molecule has 2 aliphatic carbocycles. The molecular weight excluding hydrogens is 326 g/mol. The number of hydrogen-bond acceptors (Lipinski definition) is 4. The van der Waals surface area contributed by atoms with E-state index >= 15 is 0 Å². The van der Waals surface area contributed by atoms with Gasteiger partial charge in [-0.15, -0.1) is 11.6 Å². The van der Waals surface area contributed by atoms with Crippen LogP contribution in [0.3, 0.4) is 0 Å². The SMILES string of the molecule is COc1ccc2c3c1O[C@]1(C)[C@H](O)[C@H](Cl)C=C4[C@@H](C2)N(C)CC[C@@]431. The molecular formula is C19H22ClNO3. The normalized spacial score (nSPS) is 42.2. The first-order chi connectivity index (χ1) is 11.4. The number of likely N-dealkylation sites (N-methyl/N-ethyl adjacent to an activating group) is 1. The minimum atomic E-state index is -0.755. The summed E-state index contributed by atoms with van der Waals surface area (Å²) in [5.74, 6) is 1.55. The van der Waals surface area contributed by atoms with Crippen LogP contribution in [0, 0.1) is 0 Å². The van der Waals surface area contributed by atoms with Crippen molar-refractivity contribution < 1.29 is 14.6 Å². The van der Waals surface area contributed by atoms with Crippen molar-refractivity contribution in [1.29, 1.82) is 0 Å². The molecule has 1 aromatic rings. The van der Waals surface area contributed by atoms with Crippen LogP contribution in [0.15, 0.2) is 23.8 Å². The van der Waals surface area contributed by atoms with Crippen molar-refractivity contribution in [2.75, 3.05) is 20.7 Å². The maximum absolute atomic E-state index is 11.0. The lowest BCUT2D eigenvalue weighted by Gasteiger charge is -2.58. The van der Waals surface area contributed by atoms with E-state index in [2.05, 4.69) is 24.1 Å². The molecule has 0 saturated carbocycles. The van der Waals surface area contributed by atoms with E-state index in [1.54, 1.807) is 7.11 Å². The average Bonchev–Trinajstić information content (AvgIpc) is 2.84. The fourth-order valence-corrected chi connectivity index (χ4v) is 6.00. The predicted molar refractivity (Wildman–Crippen MR) is 92.2 cm³/mol. The second kappa shape index (κ2) is 4.48. The lowest BCUT2D eigenvalue weighted by atomic mass is 9.51. The van der Waals surface area contributed by atoms with Crippen molar-refractivity contribution >= 4 is 11.6 Å². The summed E-state index contributed by atoms with van der Waals surface area (Å²) in [6, 6.07) is 4.47. The maximum atomic E-state index is 11.0. The molecule has 2 bridgehead atoms. The lowest BCUT2D eigenvalue weighted by molar-refractivity contribution is -0.0853. The van der Waals surface area contributed by atoms with Gasteiger partial charge in [0.05, 0.1) is 17.9 Å². The Labute approximate surface area is 147 Å². The molecule has 5 atom stereocenters. The number of hydrogen-bond donors (Lipinski definition) is 1. The lowest BCUT2D eigenvalue weighted by Crippen LogP contribution is -2.69. The molecule has 1 N–H and O–H groups in total. The van der Waals surface area contributed by atoms with Gasteiger partial charge in [0.1, 0.15) is 11.7 Å². The molecule has 1 aromatic carbocycles. The van der Waals surface area contributed by atoms with E-state index in [1.807, 2.05) is 13.0 Å². The largest absolute Gasteiger partial charge is 0.493 e. The Hall–Kier alpha value is -1.23. The summed E-state index contributed by atoms with van der Waals surface area (Å²) in [5, 5.41) is 10.6. The van der Waals surface area contributed by atoms with Gasteiger partial charge in [0.25, 0.3) is 0 Å². The second-order valence-electron chi connectivity index (χ2n) is 7.71. The zero-order valence-electron chi connectivity index (χ0n) is 14.2. The molecule has 0 amide bonds. The van der Waals surface area contributed by atoms with Crippen LogP contribution in [-0.2, 0) is 11.8 Å². The van der Waals surface area contributed by atoms with Crippen LogP contribution in [0.5, 0.6) is 11.5 Å². The minimum Gasteiger partial charge on any atom is -0.493 e. The van der Waals surface area contributed by atoms with Gasteiger partial charge in [0.15, 0.2) is 11.5 Å². The molecule has 5 rings (SSSR count). The summed E-state index contributed by atoms with van der Waals surface area (Å²) in [5.41, 5.74) is 2.80. The molecule has 4 nitrogen and oxygen atoms in total. The number of nitrogens with zero attached hydrogens (tertiary/aromatic N) is 1. The van der Waals surface area contributed by atoms with Crippen LogP contribution in [0.1, 0.15) is 24.5 Å². The van der Waals surface area contributed by atoms with Gasteiger partial charge >= 0.3 is 0 Å². The summed E-state index contributed by atoms with van der Waals surface area (Å²) < 4.78 is 12.1. The van der Waals surface area contributed by atoms with E-state index in [0.717, 1.165) is 30.9 Å². The fourth-order valence-electron chi connectivity index (χ4n) is 5.63. The van der Waals surface area contributed by atoms with E-state index in [4.69, 9.17) is 21.1 Å². The summed E-state index contributed by atoms with van der Waals surface area (Å²) in [6.07, 6.45) is 3.22. The highest BCUT2D eigenvalue weighted by atomic mass is 35.5. The van der Waals surface area contributed by atoms with Gasteiger partial charge in [-0.05, 0) is 50.6 Å². The van der Waals surface area contributed by atoms with Gasteiger partial charge in [-0.2, -0.15) is 0 Å². The van der Waals surface area contributed by atoms with E-state index in [0.29, 0.717) is 6.04 Å². The number of alkyl halides is 1. The van der Waals surface area contributed by atoms with Gasteiger partial charge in [-0.25, -0.2) is 0 Å². The Bertz CT molecular complexity index is 778. The summed E-state index contributed by atoms with van der Waals surface area (Å²) in [4.78, 5) is 2.41. The van der Waals surface area contributed by atoms with Crippen molar-refractivity contribution in [3.63, 3.8) is 0 Å². The number of aliphatic hydroxyl groups excluding tert-OH is 1. The van der Waals surface area contributed by atoms with Gasteiger partial charge in [-0.1, -0.05) is 12.1 Å². The Morgan fingerprint density at radius 3 is 2.96 bits per heavy atom. The molecule has 2 heterocycles. The molecule has 1 fully saturated rings. The fraction of sp³-hybridized carbons (Fsp3) is 0.579. The number of halogens is 1. The van der Waals surface area contributed by atoms with E-state index < -0.39 is 17.1 Å². The Morgan fingerprint density at radius 1 is 1.42 bits per heavy atom. The third-order valence-corrected chi connectivity index (χ3v) is 7.22. The zero-order chi connectivity index (χ0) is 16.9. The van der Waals surface area contributed by atoms with Crippen LogP contribution in [0.2, 0.25) is 0 Å². The average molecular weight is 348 g/mol. The molecule has 0 aromatic heterocycles. The number of likely N-dealkylation sites (tertiary alicyclic amines) is 1. The third kappa shape index (κ3) is 1.41. The minimum absolute atomic E-state index is 0.299. The first-order valence-electron chi connectivity index (χ1n) is 8.58. The molecule has 128 valence electrons. The number of ether oxygens (including phenoxy) is 2. The maximum Gasteiger partial charge on any atom is 0.166 e. The molecule has 1 saturated heterocycles. The zero-order valence-corrected chi connectivity index (χ0v) is 14.9. The number of piperidine rings is 1. The molecule has 4 aliphatic rings. The highest BCUT2D eigenvalue weighted by molar-refractivity contribution is 6.22. The Balaban J connectivity index is 1.89. The Morgan fingerprint density at radius 2 is 2.21 bits per heavy atom. The van der Waals surface area contributed by atoms with E-state index in [-0.39, 0.29) is 5.41 Å². The summed E-state index contributed by atoms with van der Waals surface area (Å²) >= 11 is 6.53. The molecule has 2 aliphatic heterocycles. The smallest absolute Gasteiger partial charge is 0.166 e. The van der Waals surface area contributed by atoms with Gasteiger partial charge < -0.3 is 14.6 Å². The van der Waals surface area contributed by atoms with Crippen molar-refractivity contribution in [2.45, 2.75) is 48.3 Å². The Kier molecular flexibility index (Phi) is 2.81. The number of rotatable bonds is 1. The number of aliphatic hydroxyl groups is 1. The third-order valence-electron chi connectivity index (χ3n) is 6.86. The first kappa shape index (κ1) is 15.1. The highest BCUT2D eigenvalue weighted by Crippen LogP contribution is 2.66. The van der Waals surface area contributed by atoms with Crippen LogP contribution >= 0.6 is 11.6 Å². The van der Waals surface area contributed by atoms with Crippen LogP contribution < -0.4 is 9.47 Å². The van der Waals surface area contributed by atoms with E-state index in [1.165, 1.54) is 16.7 Å². The van der Waals surface area contributed by atoms with Gasteiger partial charge in [0, 0.05) is 11.6 Å². The van der Waals surface area contributed by atoms with Crippen molar-refractivity contribution in [2.24, 2.45) is 0 Å². The molecule has 0 unspecified atom stereocenters. The van der Waals surface area contributed by atoms with Crippen LogP contribution in [0.4, 0.5) is 0 Å². The number of methoxy groups -OCH3 is 1. The van der Waals surface area contributed by atoms with Crippen molar-refractivity contribution in [3.8, 4) is 11.5 Å². The van der Waals surface area contributed by atoms with Crippen molar-refractivity contribution in [1.82, 2.24) is 4.90 Å². The predicted octanol–water partition coefficient (Wildman–Crippen LogP) is 2.25. The van der Waals surface area contributed by atoms with Gasteiger partial charge in [0.2, 0.25) is 0 Å². The summed E-state index contributed by atoms with van der Waals surface area (Å²) in [6.45, 7) is 3.01. The van der Waals surface area contributed by atoms with Crippen LogP contribution in [-0.4, -0.2) is 53.8 Å². The van der Waals surface area contributed by atoms with E-state index in [9.17, 15) is 5.11 Å². The quantitative estimate of drug-likeness (QED) is 0.625. The highest BCUT2D eigenvalue weighted by Gasteiger charge is 2.70. The first-order valence-corrected chi connectivity index (χ1v) is 9.01. The molecule has 1 spiro atoms. The molecule has 5 heteroatoms. The molecule has 0 radical (unpaired) electrons.